The molecule has 7 nitrogen and oxygen atoms in total. The number of nitrogens with one attached hydrogen (secondary N) is 1. The number of nitrogens with zero attached hydrogens (tertiary/aromatic N) is 1. The number of aliphatic carboxylic acids is 1. The van der Waals surface area contributed by atoms with E-state index in [1.165, 1.54) is 4.90 Å². The lowest BCUT2D eigenvalue weighted by Gasteiger charge is -2.26. The Hall–Kier alpha value is -1.79. The second-order valence-electron chi connectivity index (χ2n) is 5.08. The molecule has 0 radical (unpaired) electrons. The van der Waals surface area contributed by atoms with Gasteiger partial charge in [0.2, 0.25) is 0 Å². The number of amides is 2. The Bertz CT molecular complexity index is 357. The first-order valence-corrected chi connectivity index (χ1v) is 7.23. The quantitative estimate of drug-likeness (QED) is 0.629. The lowest BCUT2D eigenvalue weighted by atomic mass is 10.0. The van der Waals surface area contributed by atoms with E-state index in [1.54, 1.807) is 20.8 Å². The van der Waals surface area contributed by atoms with Crippen molar-refractivity contribution in [3.8, 4) is 0 Å². The normalized spacial score (nSPS) is 11.9. The fourth-order valence-electron chi connectivity index (χ4n) is 1.78. The van der Waals surface area contributed by atoms with Crippen LogP contribution in [0.4, 0.5) is 4.79 Å². The molecule has 2 N–H and O–H groups in total. The van der Waals surface area contributed by atoms with E-state index in [1.807, 2.05) is 6.92 Å². The van der Waals surface area contributed by atoms with Gasteiger partial charge in [-0.15, -0.1) is 0 Å². The van der Waals surface area contributed by atoms with Gasteiger partial charge in [-0.3, -0.25) is 9.59 Å². The van der Waals surface area contributed by atoms with Crippen LogP contribution in [0.15, 0.2) is 0 Å². The third-order valence-corrected chi connectivity index (χ3v) is 3.07. The Morgan fingerprint density at radius 2 is 1.86 bits per heavy atom. The van der Waals surface area contributed by atoms with Crippen molar-refractivity contribution in [2.75, 3.05) is 19.7 Å². The van der Waals surface area contributed by atoms with Gasteiger partial charge in [0.1, 0.15) is 6.54 Å². The minimum atomic E-state index is -0.886. The van der Waals surface area contributed by atoms with Gasteiger partial charge in [0.05, 0.1) is 6.61 Å². The van der Waals surface area contributed by atoms with E-state index in [2.05, 4.69) is 5.32 Å². The summed E-state index contributed by atoms with van der Waals surface area (Å²) in [7, 11) is 0. The summed E-state index contributed by atoms with van der Waals surface area (Å²) in [6, 6.07) is -0.546. The molecule has 0 aromatic carbocycles. The molecule has 122 valence electrons. The Morgan fingerprint density at radius 1 is 1.24 bits per heavy atom. The zero-order chi connectivity index (χ0) is 16.4. The first-order valence-electron chi connectivity index (χ1n) is 7.23. The molecular formula is C14H26N2O5. The molecule has 0 rings (SSSR count). The number of carboxylic acid groups (broad SMARTS) is 1. The van der Waals surface area contributed by atoms with Crippen molar-refractivity contribution in [2.45, 2.75) is 46.6 Å². The molecule has 7 heteroatoms. The summed E-state index contributed by atoms with van der Waals surface area (Å²) in [6.45, 7) is 7.60. The van der Waals surface area contributed by atoms with Gasteiger partial charge in [0, 0.05) is 19.0 Å². The van der Waals surface area contributed by atoms with E-state index in [0.29, 0.717) is 6.42 Å². The van der Waals surface area contributed by atoms with Crippen molar-refractivity contribution in [2.24, 2.45) is 5.92 Å². The van der Waals surface area contributed by atoms with Crippen LogP contribution in [0.3, 0.4) is 0 Å². The standard InChI is InChI=1S/C14H26N2O5/c1-5-11(7-12(17)18)8-15-14(20)16(10(3)4)9-13(19)21-6-2/h10-11H,5-9H2,1-4H3,(H,15,20)(H,17,18). The van der Waals surface area contributed by atoms with E-state index in [-0.39, 0.29) is 44.1 Å². The largest absolute Gasteiger partial charge is 0.481 e. The molecule has 0 aromatic rings. The van der Waals surface area contributed by atoms with Gasteiger partial charge >= 0.3 is 18.0 Å². The van der Waals surface area contributed by atoms with Crippen LogP contribution in [0.25, 0.3) is 0 Å². The lowest BCUT2D eigenvalue weighted by molar-refractivity contribution is -0.144. The highest BCUT2D eigenvalue weighted by atomic mass is 16.5. The molecule has 1 unspecified atom stereocenters. The summed E-state index contributed by atoms with van der Waals surface area (Å²) < 4.78 is 4.83. The van der Waals surface area contributed by atoms with E-state index in [0.717, 1.165) is 0 Å². The van der Waals surface area contributed by atoms with Crippen molar-refractivity contribution in [1.29, 1.82) is 0 Å². The van der Waals surface area contributed by atoms with Gasteiger partial charge in [-0.2, -0.15) is 0 Å². The lowest BCUT2D eigenvalue weighted by Crippen LogP contribution is -2.48. The number of carboxylic acids is 1. The Balaban J connectivity index is 4.47. The molecule has 0 aliphatic carbocycles. The monoisotopic (exact) mass is 302 g/mol. The number of hydrogen-bond acceptors (Lipinski definition) is 4. The number of esters is 1. The molecule has 2 amide bonds. The molecule has 0 aromatic heterocycles. The van der Waals surface area contributed by atoms with E-state index in [4.69, 9.17) is 9.84 Å². The van der Waals surface area contributed by atoms with Crippen LogP contribution < -0.4 is 5.32 Å². The second-order valence-corrected chi connectivity index (χ2v) is 5.08. The van der Waals surface area contributed by atoms with Crippen LogP contribution >= 0.6 is 0 Å². The van der Waals surface area contributed by atoms with E-state index in [9.17, 15) is 14.4 Å². The minimum absolute atomic E-state index is 0.0103. The highest BCUT2D eigenvalue weighted by Gasteiger charge is 2.21. The highest BCUT2D eigenvalue weighted by molar-refractivity contribution is 5.81. The van der Waals surface area contributed by atoms with Crippen molar-refractivity contribution in [1.82, 2.24) is 10.2 Å². The van der Waals surface area contributed by atoms with Crippen molar-refractivity contribution >= 4 is 18.0 Å². The SMILES string of the molecule is CCOC(=O)CN(C(=O)NCC(CC)CC(=O)O)C(C)C. The third kappa shape index (κ3) is 8.16. The van der Waals surface area contributed by atoms with Gasteiger partial charge < -0.3 is 20.1 Å². The number of ether oxygens (including phenoxy) is 1. The summed E-state index contributed by atoms with van der Waals surface area (Å²) in [5, 5.41) is 11.5. The van der Waals surface area contributed by atoms with Gasteiger partial charge in [-0.05, 0) is 26.7 Å². The van der Waals surface area contributed by atoms with Gasteiger partial charge in [-0.25, -0.2) is 4.79 Å². The Morgan fingerprint density at radius 3 is 2.29 bits per heavy atom. The molecule has 0 bridgehead atoms. The molecule has 1 atom stereocenters. The molecule has 0 spiro atoms. The Labute approximate surface area is 125 Å². The molecule has 0 saturated heterocycles. The summed E-state index contributed by atoms with van der Waals surface area (Å²) in [6.07, 6.45) is 0.669. The highest BCUT2D eigenvalue weighted by Crippen LogP contribution is 2.07. The van der Waals surface area contributed by atoms with Gasteiger partial charge in [-0.1, -0.05) is 13.3 Å². The van der Waals surface area contributed by atoms with Crippen LogP contribution in [0.1, 0.15) is 40.5 Å². The van der Waals surface area contributed by atoms with Crippen LogP contribution in [0, 0.1) is 5.92 Å². The smallest absolute Gasteiger partial charge is 0.325 e. The molecule has 0 aliphatic rings. The number of urea groups is 1. The number of carbonyl (C=O) groups excluding carboxylic acids is 2. The van der Waals surface area contributed by atoms with Crippen molar-refractivity contribution in [3.63, 3.8) is 0 Å². The van der Waals surface area contributed by atoms with E-state index < -0.39 is 11.9 Å². The first kappa shape index (κ1) is 19.2. The summed E-state index contributed by atoms with van der Waals surface area (Å²) in [4.78, 5) is 35.6. The van der Waals surface area contributed by atoms with Crippen LogP contribution in [-0.2, 0) is 14.3 Å². The Kier molecular flexibility index (Phi) is 9.16. The fourth-order valence-corrected chi connectivity index (χ4v) is 1.78. The number of hydrogen-bond donors (Lipinski definition) is 2. The zero-order valence-electron chi connectivity index (χ0n) is 13.2. The maximum atomic E-state index is 12.1. The zero-order valence-corrected chi connectivity index (χ0v) is 13.2. The van der Waals surface area contributed by atoms with Crippen LogP contribution in [0.5, 0.6) is 0 Å². The molecule has 0 heterocycles. The molecule has 0 fully saturated rings. The topological polar surface area (TPSA) is 95.9 Å². The van der Waals surface area contributed by atoms with E-state index >= 15 is 0 Å². The maximum absolute atomic E-state index is 12.1. The van der Waals surface area contributed by atoms with Crippen molar-refractivity contribution < 1.29 is 24.2 Å². The number of carbonyl (C=O) groups is 3. The molecule has 0 aliphatic heterocycles. The van der Waals surface area contributed by atoms with Gasteiger partial charge in [0.25, 0.3) is 0 Å². The predicted octanol–water partition coefficient (Wildman–Crippen LogP) is 1.47. The van der Waals surface area contributed by atoms with Crippen molar-refractivity contribution in [3.05, 3.63) is 0 Å². The molecular weight excluding hydrogens is 276 g/mol. The molecule has 21 heavy (non-hydrogen) atoms. The number of rotatable bonds is 9. The first-order chi connectivity index (χ1) is 9.81. The van der Waals surface area contributed by atoms with Crippen LogP contribution in [-0.4, -0.2) is 53.7 Å². The van der Waals surface area contributed by atoms with Gasteiger partial charge in [0.15, 0.2) is 0 Å². The second kappa shape index (κ2) is 10.0. The average Bonchev–Trinajstić information content (AvgIpc) is 2.40. The predicted molar refractivity (Wildman–Crippen MR) is 77.9 cm³/mol. The summed E-state index contributed by atoms with van der Waals surface area (Å²) in [5.74, 6) is -1.47. The maximum Gasteiger partial charge on any atom is 0.325 e. The molecule has 0 saturated carbocycles. The summed E-state index contributed by atoms with van der Waals surface area (Å²) in [5.41, 5.74) is 0. The minimum Gasteiger partial charge on any atom is -0.481 e. The third-order valence-electron chi connectivity index (χ3n) is 3.07. The summed E-state index contributed by atoms with van der Waals surface area (Å²) >= 11 is 0. The fraction of sp³-hybridized carbons (Fsp3) is 0.786. The van der Waals surface area contributed by atoms with Crippen LogP contribution in [0.2, 0.25) is 0 Å². The average molecular weight is 302 g/mol.